The van der Waals surface area contributed by atoms with Gasteiger partial charge in [0.05, 0.1) is 0 Å². The van der Waals surface area contributed by atoms with E-state index in [-0.39, 0.29) is 5.70 Å². The Kier molecular flexibility index (Phi) is 5.25. The third kappa shape index (κ3) is 4.43. The predicted molar refractivity (Wildman–Crippen MR) is 114 cm³/mol. The van der Waals surface area contributed by atoms with Crippen LogP contribution in [-0.2, 0) is 16.1 Å². The summed E-state index contributed by atoms with van der Waals surface area (Å²) in [5.74, 6) is 0.543. The van der Waals surface area contributed by atoms with Crippen LogP contribution in [0, 0.1) is 13.8 Å². The molecule has 3 aromatic rings. The zero-order valence-electron chi connectivity index (χ0n) is 16.4. The average molecular weight is 383 g/mol. The highest BCUT2D eigenvalue weighted by atomic mass is 16.6. The van der Waals surface area contributed by atoms with Crippen molar-refractivity contribution in [3.63, 3.8) is 0 Å². The van der Waals surface area contributed by atoms with Gasteiger partial charge in [0.1, 0.15) is 12.4 Å². The molecule has 1 heterocycles. The van der Waals surface area contributed by atoms with Crippen LogP contribution in [-0.4, -0.2) is 11.9 Å². The number of para-hydroxylation sites is 1. The fourth-order valence-electron chi connectivity index (χ4n) is 3.07. The van der Waals surface area contributed by atoms with Crippen molar-refractivity contribution in [2.45, 2.75) is 20.5 Å². The minimum absolute atomic E-state index is 0.257. The largest absolute Gasteiger partial charge is 0.488 e. The highest BCUT2D eigenvalue weighted by molar-refractivity contribution is 6.12. The Morgan fingerprint density at radius 3 is 2.52 bits per heavy atom. The molecule has 0 amide bonds. The van der Waals surface area contributed by atoms with Crippen molar-refractivity contribution in [2.24, 2.45) is 4.99 Å². The average Bonchev–Trinajstić information content (AvgIpc) is 3.08. The van der Waals surface area contributed by atoms with Gasteiger partial charge >= 0.3 is 5.97 Å². The summed E-state index contributed by atoms with van der Waals surface area (Å²) in [4.78, 5) is 16.7. The molecule has 144 valence electrons. The number of hydrogen-bond donors (Lipinski definition) is 0. The maximum Gasteiger partial charge on any atom is 0.363 e. The maximum absolute atomic E-state index is 12.3. The second-order valence-corrected chi connectivity index (χ2v) is 7.02. The Labute approximate surface area is 170 Å². The molecular formula is C25H21NO3. The van der Waals surface area contributed by atoms with Crippen LogP contribution in [0.1, 0.15) is 27.8 Å². The van der Waals surface area contributed by atoms with Crippen LogP contribution >= 0.6 is 0 Å². The Bertz CT molecular complexity index is 1110. The fourth-order valence-corrected chi connectivity index (χ4v) is 3.07. The van der Waals surface area contributed by atoms with Crippen molar-refractivity contribution < 1.29 is 14.3 Å². The second kappa shape index (κ2) is 8.15. The first-order valence-electron chi connectivity index (χ1n) is 9.45. The van der Waals surface area contributed by atoms with E-state index in [1.807, 2.05) is 67.6 Å². The molecule has 4 nitrogen and oxygen atoms in total. The van der Waals surface area contributed by atoms with Crippen molar-refractivity contribution in [3.8, 4) is 5.75 Å². The number of benzene rings is 3. The molecule has 0 saturated heterocycles. The van der Waals surface area contributed by atoms with Crippen molar-refractivity contribution in [1.82, 2.24) is 0 Å². The third-order valence-corrected chi connectivity index (χ3v) is 4.61. The normalized spacial score (nSPS) is 14.6. The van der Waals surface area contributed by atoms with Crippen LogP contribution in [0.2, 0.25) is 0 Å². The molecule has 29 heavy (non-hydrogen) atoms. The molecule has 0 bridgehead atoms. The number of carbonyl (C=O) groups is 1. The van der Waals surface area contributed by atoms with Crippen LogP contribution in [0.3, 0.4) is 0 Å². The Morgan fingerprint density at radius 2 is 1.72 bits per heavy atom. The Morgan fingerprint density at radius 1 is 0.931 bits per heavy atom. The summed E-state index contributed by atoms with van der Waals surface area (Å²) in [6.45, 7) is 4.51. The number of ether oxygens (including phenoxy) is 2. The van der Waals surface area contributed by atoms with Crippen LogP contribution in [0.4, 0.5) is 0 Å². The Balaban J connectivity index is 1.57. The van der Waals surface area contributed by atoms with E-state index >= 15 is 0 Å². The number of hydrogen-bond acceptors (Lipinski definition) is 4. The summed E-state index contributed by atoms with van der Waals surface area (Å²) in [6.07, 6.45) is 1.70. The molecule has 4 heteroatoms. The van der Waals surface area contributed by atoms with E-state index in [9.17, 15) is 4.79 Å². The molecule has 1 aliphatic rings. The standard InChI is InChI=1S/C25H21NO3/c1-17-10-12-20(13-11-17)24-26-22(25(27)29-24)15-21-8-3-4-9-23(21)28-16-19-7-5-6-18(2)14-19/h3-15H,16H2,1-2H3/b22-15-. The minimum atomic E-state index is -0.464. The first-order chi connectivity index (χ1) is 14.1. The van der Waals surface area contributed by atoms with Crippen molar-refractivity contribution >= 4 is 17.9 Å². The van der Waals surface area contributed by atoms with Crippen LogP contribution in [0.25, 0.3) is 6.08 Å². The molecule has 0 atom stereocenters. The predicted octanol–water partition coefficient (Wildman–Crippen LogP) is 5.23. The fraction of sp³-hybridized carbons (Fsp3) is 0.120. The van der Waals surface area contributed by atoms with Gasteiger partial charge in [-0.2, -0.15) is 0 Å². The van der Waals surface area contributed by atoms with Crippen LogP contribution in [0.5, 0.6) is 5.75 Å². The molecule has 4 rings (SSSR count). The van der Waals surface area contributed by atoms with Gasteiger partial charge in [0, 0.05) is 11.1 Å². The quantitative estimate of drug-likeness (QED) is 0.448. The molecule has 0 aliphatic carbocycles. The second-order valence-electron chi connectivity index (χ2n) is 7.02. The number of rotatable bonds is 5. The van der Waals surface area contributed by atoms with Crippen molar-refractivity contribution in [3.05, 3.63) is 106 Å². The number of esters is 1. The first-order valence-corrected chi connectivity index (χ1v) is 9.45. The van der Waals surface area contributed by atoms with E-state index < -0.39 is 5.97 Å². The highest BCUT2D eigenvalue weighted by Crippen LogP contribution is 2.25. The number of aryl methyl sites for hydroxylation is 2. The Hall–Kier alpha value is -3.66. The third-order valence-electron chi connectivity index (χ3n) is 4.61. The molecule has 3 aromatic carbocycles. The van der Waals surface area contributed by atoms with E-state index in [1.165, 1.54) is 5.56 Å². The summed E-state index contributed by atoms with van der Waals surface area (Å²) in [7, 11) is 0. The SMILES string of the molecule is Cc1ccc(C2=N/C(=C\c3ccccc3OCc3cccc(C)c3)C(=O)O2)cc1. The molecule has 0 N–H and O–H groups in total. The molecule has 1 aliphatic heterocycles. The zero-order valence-corrected chi connectivity index (χ0v) is 16.4. The van der Waals surface area contributed by atoms with Gasteiger partial charge in [0.25, 0.3) is 0 Å². The van der Waals surface area contributed by atoms with E-state index in [0.717, 1.165) is 22.3 Å². The highest BCUT2D eigenvalue weighted by Gasteiger charge is 2.24. The number of aliphatic imine (C=N–C) groups is 1. The van der Waals surface area contributed by atoms with E-state index in [0.29, 0.717) is 18.3 Å². The molecule has 0 spiro atoms. The van der Waals surface area contributed by atoms with Gasteiger partial charge < -0.3 is 9.47 Å². The summed E-state index contributed by atoms with van der Waals surface area (Å²) in [5, 5.41) is 0. The van der Waals surface area contributed by atoms with Gasteiger partial charge in [-0.25, -0.2) is 9.79 Å². The van der Waals surface area contributed by atoms with Crippen LogP contribution < -0.4 is 4.74 Å². The van der Waals surface area contributed by atoms with Gasteiger partial charge in [-0.3, -0.25) is 0 Å². The van der Waals surface area contributed by atoms with Gasteiger partial charge in [0.15, 0.2) is 5.70 Å². The smallest absolute Gasteiger partial charge is 0.363 e. The van der Waals surface area contributed by atoms with Gasteiger partial charge in [0.2, 0.25) is 5.90 Å². The minimum Gasteiger partial charge on any atom is -0.488 e. The van der Waals surface area contributed by atoms with Crippen LogP contribution in [0.15, 0.2) is 83.5 Å². The summed E-state index contributed by atoms with van der Waals surface area (Å²) >= 11 is 0. The van der Waals surface area contributed by atoms with E-state index in [1.54, 1.807) is 6.08 Å². The maximum atomic E-state index is 12.3. The number of cyclic esters (lactones) is 1. The van der Waals surface area contributed by atoms with Gasteiger partial charge in [-0.05, 0) is 43.7 Å². The van der Waals surface area contributed by atoms with Gasteiger partial charge in [-0.15, -0.1) is 0 Å². The molecule has 0 radical (unpaired) electrons. The molecule has 0 fully saturated rings. The van der Waals surface area contributed by atoms with Crippen molar-refractivity contribution in [1.29, 1.82) is 0 Å². The zero-order chi connectivity index (χ0) is 20.2. The molecule has 0 saturated carbocycles. The topological polar surface area (TPSA) is 47.9 Å². The summed E-state index contributed by atoms with van der Waals surface area (Å²) < 4.78 is 11.4. The lowest BCUT2D eigenvalue weighted by Crippen LogP contribution is -2.05. The molecule has 0 aromatic heterocycles. The number of carbonyl (C=O) groups excluding carboxylic acids is 1. The lowest BCUT2D eigenvalue weighted by atomic mass is 10.1. The summed E-state index contributed by atoms with van der Waals surface area (Å²) in [5.41, 5.74) is 5.22. The van der Waals surface area contributed by atoms with Crippen molar-refractivity contribution in [2.75, 3.05) is 0 Å². The van der Waals surface area contributed by atoms with E-state index in [4.69, 9.17) is 9.47 Å². The lowest BCUT2D eigenvalue weighted by molar-refractivity contribution is -0.129. The monoisotopic (exact) mass is 383 g/mol. The lowest BCUT2D eigenvalue weighted by Gasteiger charge is -2.09. The van der Waals surface area contributed by atoms with Gasteiger partial charge in [-0.1, -0.05) is 65.7 Å². The number of nitrogens with zero attached hydrogens (tertiary/aromatic N) is 1. The van der Waals surface area contributed by atoms with E-state index in [2.05, 4.69) is 24.0 Å². The molecular weight excluding hydrogens is 362 g/mol. The molecule has 0 unspecified atom stereocenters. The summed E-state index contributed by atoms with van der Waals surface area (Å²) in [6, 6.07) is 23.5. The first kappa shape index (κ1) is 18.7.